The van der Waals surface area contributed by atoms with Crippen LogP contribution in [-0.4, -0.2) is 24.7 Å². The second kappa shape index (κ2) is 12.5. The number of hydrogen-bond acceptors (Lipinski definition) is 4. The van der Waals surface area contributed by atoms with E-state index in [2.05, 4.69) is 9.73 Å². The number of aryl methyl sites for hydroxylation is 1. The maximum Gasteiger partial charge on any atom is 0.573 e. The monoisotopic (exact) mass is 579 g/mol. The fraction of sp³-hybridized carbons (Fsp3) is 0.212. The summed E-state index contributed by atoms with van der Waals surface area (Å²) in [7, 11) is 0. The summed E-state index contributed by atoms with van der Waals surface area (Å²) >= 11 is 0. The van der Waals surface area contributed by atoms with Crippen LogP contribution in [-0.2, 0) is 16.0 Å². The third-order valence-electron chi connectivity index (χ3n) is 7.01. The van der Waals surface area contributed by atoms with Gasteiger partial charge in [-0.05, 0) is 59.4 Å². The van der Waals surface area contributed by atoms with Crippen molar-refractivity contribution in [1.82, 2.24) is 0 Å². The van der Waals surface area contributed by atoms with Crippen LogP contribution in [0.1, 0.15) is 35.6 Å². The number of halogens is 5. The molecule has 4 aromatic rings. The SMILES string of the molecule is O=C(OCCCc1ccccc1)[C@H]1CC(c2c(F)cccc2F)=N[C@H]1c1ccc(-c2ccc(OC(F)(F)F)cc2)cc1. The van der Waals surface area contributed by atoms with Gasteiger partial charge < -0.3 is 9.47 Å². The molecule has 4 aromatic carbocycles. The number of aliphatic imine (C=N–C) groups is 1. The Bertz CT molecular complexity index is 1530. The zero-order valence-electron chi connectivity index (χ0n) is 22.3. The molecule has 0 N–H and O–H groups in total. The van der Waals surface area contributed by atoms with E-state index in [1.165, 1.54) is 30.3 Å². The lowest BCUT2D eigenvalue weighted by atomic mass is 9.90. The molecule has 5 rings (SSSR count). The summed E-state index contributed by atoms with van der Waals surface area (Å²) in [5, 5.41) is 0. The van der Waals surface area contributed by atoms with Gasteiger partial charge >= 0.3 is 12.3 Å². The maximum atomic E-state index is 14.6. The first-order valence-corrected chi connectivity index (χ1v) is 13.4. The molecule has 0 fully saturated rings. The van der Waals surface area contributed by atoms with Crippen LogP contribution in [0.2, 0.25) is 0 Å². The molecule has 4 nitrogen and oxygen atoms in total. The Morgan fingerprint density at radius 3 is 2.05 bits per heavy atom. The molecular formula is C33H26F5NO3. The lowest BCUT2D eigenvalue weighted by molar-refractivity contribution is -0.274. The Morgan fingerprint density at radius 2 is 1.43 bits per heavy atom. The van der Waals surface area contributed by atoms with Crippen LogP contribution in [0.25, 0.3) is 11.1 Å². The number of nitrogens with zero attached hydrogens (tertiary/aromatic N) is 1. The van der Waals surface area contributed by atoms with Crippen LogP contribution in [0.3, 0.4) is 0 Å². The maximum absolute atomic E-state index is 14.6. The fourth-order valence-electron chi connectivity index (χ4n) is 5.01. The van der Waals surface area contributed by atoms with Gasteiger partial charge in [-0.2, -0.15) is 0 Å². The number of esters is 1. The van der Waals surface area contributed by atoms with E-state index in [9.17, 15) is 26.7 Å². The van der Waals surface area contributed by atoms with Crippen molar-refractivity contribution >= 4 is 11.7 Å². The minimum absolute atomic E-state index is 0.00244. The average molecular weight is 580 g/mol. The molecule has 2 atom stereocenters. The smallest absolute Gasteiger partial charge is 0.465 e. The number of alkyl halides is 3. The second-order valence-corrected chi connectivity index (χ2v) is 9.88. The van der Waals surface area contributed by atoms with E-state index in [1.807, 2.05) is 30.3 Å². The van der Waals surface area contributed by atoms with Crippen LogP contribution < -0.4 is 4.74 Å². The quantitative estimate of drug-likeness (QED) is 0.114. The number of carbonyl (C=O) groups excluding carboxylic acids is 1. The summed E-state index contributed by atoms with van der Waals surface area (Å²) in [6, 6.07) is 25.0. The molecule has 216 valence electrons. The van der Waals surface area contributed by atoms with E-state index in [-0.39, 0.29) is 30.1 Å². The third-order valence-corrected chi connectivity index (χ3v) is 7.01. The normalized spacial score (nSPS) is 16.6. The van der Waals surface area contributed by atoms with Crippen LogP contribution in [0.4, 0.5) is 22.0 Å². The first-order valence-electron chi connectivity index (χ1n) is 13.4. The minimum atomic E-state index is -4.78. The van der Waals surface area contributed by atoms with Gasteiger partial charge in [0.2, 0.25) is 0 Å². The topological polar surface area (TPSA) is 47.9 Å². The molecule has 42 heavy (non-hydrogen) atoms. The van der Waals surface area contributed by atoms with Crippen molar-refractivity contribution in [3.05, 3.63) is 125 Å². The molecule has 0 bridgehead atoms. The van der Waals surface area contributed by atoms with Gasteiger partial charge in [0.1, 0.15) is 17.4 Å². The highest BCUT2D eigenvalue weighted by molar-refractivity contribution is 6.04. The minimum Gasteiger partial charge on any atom is -0.465 e. The zero-order valence-corrected chi connectivity index (χ0v) is 22.3. The van der Waals surface area contributed by atoms with Crippen molar-refractivity contribution in [2.75, 3.05) is 6.61 Å². The summed E-state index contributed by atoms with van der Waals surface area (Å²) in [6.45, 7) is 0.188. The lowest BCUT2D eigenvalue weighted by Crippen LogP contribution is -2.22. The summed E-state index contributed by atoms with van der Waals surface area (Å²) < 4.78 is 76.2. The van der Waals surface area contributed by atoms with E-state index < -0.39 is 35.9 Å². The van der Waals surface area contributed by atoms with Gasteiger partial charge in [-0.1, -0.05) is 72.8 Å². The van der Waals surface area contributed by atoms with Gasteiger partial charge in [-0.15, -0.1) is 13.2 Å². The van der Waals surface area contributed by atoms with Crippen molar-refractivity contribution in [3.63, 3.8) is 0 Å². The van der Waals surface area contributed by atoms with Crippen molar-refractivity contribution in [2.24, 2.45) is 10.9 Å². The van der Waals surface area contributed by atoms with Gasteiger partial charge in [0.05, 0.1) is 24.1 Å². The standard InChI is InChI=1S/C33H26F5NO3/c34-27-9-4-10-28(35)30(27)29-20-26(32(40)41-19-5-8-21-6-2-1-3-7-21)31(39-29)24-13-11-22(12-14-24)23-15-17-25(18-16-23)42-33(36,37)38/h1-4,6-7,9-18,26,31H,5,8,19-20H2/t26-,31-/m0/s1. The zero-order chi connectivity index (χ0) is 29.7. The molecule has 1 heterocycles. The van der Waals surface area contributed by atoms with E-state index in [0.29, 0.717) is 23.1 Å². The molecule has 0 amide bonds. The van der Waals surface area contributed by atoms with Gasteiger partial charge in [0.25, 0.3) is 0 Å². The van der Waals surface area contributed by atoms with Gasteiger partial charge in [-0.3, -0.25) is 9.79 Å². The molecular weight excluding hydrogens is 553 g/mol. The highest BCUT2D eigenvalue weighted by atomic mass is 19.4. The van der Waals surface area contributed by atoms with Gasteiger partial charge in [0.15, 0.2) is 0 Å². The number of hydrogen-bond donors (Lipinski definition) is 0. The Labute approximate surface area is 239 Å². The van der Waals surface area contributed by atoms with Crippen LogP contribution in [0.5, 0.6) is 5.75 Å². The molecule has 1 aliphatic rings. The molecule has 0 saturated heterocycles. The molecule has 1 aliphatic heterocycles. The van der Waals surface area contributed by atoms with Crippen LogP contribution >= 0.6 is 0 Å². The summed E-state index contributed by atoms with van der Waals surface area (Å²) in [6.07, 6.45) is -3.43. The van der Waals surface area contributed by atoms with Gasteiger partial charge in [0, 0.05) is 12.1 Å². The van der Waals surface area contributed by atoms with E-state index in [0.717, 1.165) is 24.1 Å². The number of benzene rings is 4. The first kappa shape index (κ1) is 29.0. The fourth-order valence-corrected chi connectivity index (χ4v) is 5.01. The van der Waals surface area contributed by atoms with E-state index >= 15 is 0 Å². The summed E-state index contributed by atoms with van der Waals surface area (Å²) in [4.78, 5) is 17.8. The summed E-state index contributed by atoms with van der Waals surface area (Å²) in [5.74, 6) is -3.16. The molecule has 0 aliphatic carbocycles. The van der Waals surface area contributed by atoms with Crippen LogP contribution in [0, 0.1) is 17.6 Å². The molecule has 0 radical (unpaired) electrons. The molecule has 9 heteroatoms. The van der Waals surface area contributed by atoms with Gasteiger partial charge in [-0.25, -0.2) is 8.78 Å². The Kier molecular flexibility index (Phi) is 8.66. The Morgan fingerprint density at radius 1 is 0.810 bits per heavy atom. The highest BCUT2D eigenvalue weighted by Crippen LogP contribution is 2.39. The molecule has 0 spiro atoms. The van der Waals surface area contributed by atoms with Crippen molar-refractivity contribution < 1.29 is 36.2 Å². The van der Waals surface area contributed by atoms with Crippen molar-refractivity contribution in [2.45, 2.75) is 31.7 Å². The van der Waals surface area contributed by atoms with E-state index in [1.54, 1.807) is 24.3 Å². The Balaban J connectivity index is 1.34. The largest absolute Gasteiger partial charge is 0.573 e. The number of carbonyl (C=O) groups is 1. The number of ether oxygens (including phenoxy) is 2. The van der Waals surface area contributed by atoms with Crippen molar-refractivity contribution in [1.29, 1.82) is 0 Å². The predicted molar refractivity (Wildman–Crippen MR) is 148 cm³/mol. The van der Waals surface area contributed by atoms with E-state index in [4.69, 9.17) is 4.74 Å². The van der Waals surface area contributed by atoms with Crippen molar-refractivity contribution in [3.8, 4) is 16.9 Å². The highest BCUT2D eigenvalue weighted by Gasteiger charge is 2.39. The van der Waals surface area contributed by atoms with Crippen LogP contribution in [0.15, 0.2) is 102 Å². The average Bonchev–Trinajstić information content (AvgIpc) is 3.40. The molecule has 0 saturated carbocycles. The molecule has 0 aromatic heterocycles. The first-order chi connectivity index (χ1) is 20.2. The third kappa shape index (κ3) is 7.02. The Hall–Kier alpha value is -4.53. The second-order valence-electron chi connectivity index (χ2n) is 9.88. The molecule has 0 unspecified atom stereocenters. The number of rotatable bonds is 9. The predicted octanol–water partition coefficient (Wildman–Crippen LogP) is 8.26. The summed E-state index contributed by atoms with van der Waals surface area (Å²) in [5.41, 5.74) is 2.99. The lowest BCUT2D eigenvalue weighted by Gasteiger charge is -2.18.